The van der Waals surface area contributed by atoms with Crippen molar-refractivity contribution >= 4 is 57.5 Å². The first-order valence-electron chi connectivity index (χ1n) is 15.0. The molecule has 1 heterocycles. The third-order valence-electron chi connectivity index (χ3n) is 7.47. The maximum absolute atomic E-state index is 13.8. The lowest BCUT2D eigenvalue weighted by molar-refractivity contribution is -0.385. The van der Waals surface area contributed by atoms with Crippen molar-refractivity contribution in [2.24, 2.45) is 4.99 Å². The van der Waals surface area contributed by atoms with E-state index >= 15 is 0 Å². The Morgan fingerprint density at radius 2 is 1.74 bits per heavy atom. The van der Waals surface area contributed by atoms with Crippen LogP contribution in [0.25, 0.3) is 0 Å². The molecule has 1 aliphatic rings. The molecule has 0 spiro atoms. The lowest BCUT2D eigenvalue weighted by Gasteiger charge is -2.38. The average molecular weight is 747 g/mol. The molecule has 13 heteroatoms. The second kappa shape index (κ2) is 17.2. The van der Waals surface area contributed by atoms with Gasteiger partial charge >= 0.3 is 5.69 Å². The normalized spacial score (nSPS) is 13.1. The summed E-state index contributed by atoms with van der Waals surface area (Å²) in [6, 6.07) is 24.0. The van der Waals surface area contributed by atoms with Gasteiger partial charge in [0.1, 0.15) is 17.3 Å². The number of halogens is 4. The second-order valence-corrected chi connectivity index (χ2v) is 11.4. The van der Waals surface area contributed by atoms with Crippen LogP contribution in [0.2, 0.25) is 10.0 Å². The van der Waals surface area contributed by atoms with E-state index in [1.807, 2.05) is 36.4 Å². The molecule has 47 heavy (non-hydrogen) atoms. The summed E-state index contributed by atoms with van der Waals surface area (Å²) in [5, 5.41) is 16.2. The molecule has 1 saturated heterocycles. The number of rotatable bonds is 11. The number of ether oxygens (including phenoxy) is 2. The molecular weight excluding hydrogens is 712 g/mol. The third-order valence-corrected chi connectivity index (χ3v) is 8.06. The Bertz CT molecular complexity index is 1710. The molecular formula is C34H35BrCl2FN5O4. The molecule has 5 rings (SSSR count). The van der Waals surface area contributed by atoms with Gasteiger partial charge in [-0.05, 0) is 55.3 Å². The molecule has 0 aromatic heterocycles. The van der Waals surface area contributed by atoms with Crippen LogP contribution >= 0.6 is 40.2 Å². The smallest absolute Gasteiger partial charge is 0.311 e. The zero-order valence-electron chi connectivity index (χ0n) is 25.7. The van der Waals surface area contributed by atoms with Gasteiger partial charge in [-0.15, -0.1) is 17.0 Å². The fourth-order valence-electron chi connectivity index (χ4n) is 5.15. The number of nitro benzene ring substituents is 1. The predicted octanol–water partition coefficient (Wildman–Crippen LogP) is 8.32. The molecule has 1 aliphatic heterocycles. The molecule has 0 bridgehead atoms. The summed E-state index contributed by atoms with van der Waals surface area (Å²) in [4.78, 5) is 20.4. The lowest BCUT2D eigenvalue weighted by Crippen LogP contribution is -2.52. The van der Waals surface area contributed by atoms with Crippen molar-refractivity contribution in [2.45, 2.75) is 19.9 Å². The first-order chi connectivity index (χ1) is 22.3. The first kappa shape index (κ1) is 35.8. The zero-order valence-corrected chi connectivity index (χ0v) is 28.9. The van der Waals surface area contributed by atoms with E-state index in [2.05, 4.69) is 15.1 Å². The van der Waals surface area contributed by atoms with E-state index in [0.29, 0.717) is 73.8 Å². The van der Waals surface area contributed by atoms with Gasteiger partial charge < -0.3 is 24.6 Å². The fourth-order valence-corrected chi connectivity index (χ4v) is 5.65. The highest BCUT2D eigenvalue weighted by atomic mass is 79.9. The van der Waals surface area contributed by atoms with E-state index in [-0.39, 0.29) is 34.2 Å². The Hall–Kier alpha value is -4.06. The van der Waals surface area contributed by atoms with Crippen LogP contribution in [0.4, 0.5) is 15.8 Å². The maximum Gasteiger partial charge on any atom is 0.311 e. The Kier molecular flexibility index (Phi) is 13.1. The number of para-hydroxylation sites is 1. The number of hydrogen-bond acceptors (Lipinski definition) is 6. The van der Waals surface area contributed by atoms with E-state index in [0.717, 1.165) is 22.8 Å². The summed E-state index contributed by atoms with van der Waals surface area (Å²) in [5.41, 5.74) is 2.63. The predicted molar refractivity (Wildman–Crippen MR) is 191 cm³/mol. The van der Waals surface area contributed by atoms with Gasteiger partial charge in [0.15, 0.2) is 11.7 Å². The molecule has 0 unspecified atom stereocenters. The number of nitro groups is 1. The van der Waals surface area contributed by atoms with Crippen molar-refractivity contribution in [1.29, 1.82) is 0 Å². The second-order valence-electron chi connectivity index (χ2n) is 10.5. The number of guanidine groups is 1. The number of hydrogen-bond donors (Lipinski definition) is 1. The van der Waals surface area contributed by atoms with Crippen molar-refractivity contribution < 1.29 is 18.8 Å². The van der Waals surface area contributed by atoms with Crippen LogP contribution in [0.3, 0.4) is 0 Å². The van der Waals surface area contributed by atoms with Crippen LogP contribution in [0.5, 0.6) is 17.2 Å². The number of nitrogens with one attached hydrogen (secondary N) is 1. The largest absolute Gasteiger partial charge is 0.487 e. The van der Waals surface area contributed by atoms with E-state index in [1.54, 1.807) is 37.3 Å². The van der Waals surface area contributed by atoms with Crippen molar-refractivity contribution in [3.63, 3.8) is 0 Å². The van der Waals surface area contributed by atoms with E-state index < -0.39 is 4.92 Å². The van der Waals surface area contributed by atoms with E-state index in [1.165, 1.54) is 18.2 Å². The maximum atomic E-state index is 13.8. The Labute approximate surface area is 293 Å². The van der Waals surface area contributed by atoms with Crippen LogP contribution in [-0.4, -0.2) is 55.1 Å². The molecule has 0 radical (unpaired) electrons. The summed E-state index contributed by atoms with van der Waals surface area (Å²) in [6.45, 7) is 5.72. The van der Waals surface area contributed by atoms with Gasteiger partial charge in [0.2, 0.25) is 0 Å². The quantitative estimate of drug-likeness (QED) is 0.0715. The van der Waals surface area contributed by atoms with E-state index in [4.69, 9.17) is 37.7 Å². The molecule has 4 aromatic rings. The Morgan fingerprint density at radius 3 is 2.47 bits per heavy atom. The molecule has 0 amide bonds. The topological polar surface area (TPSA) is 92.5 Å². The minimum absolute atomic E-state index is 0. The van der Waals surface area contributed by atoms with Gasteiger partial charge in [-0.2, -0.15) is 0 Å². The highest BCUT2D eigenvalue weighted by Gasteiger charge is 2.23. The monoisotopic (exact) mass is 745 g/mol. The Morgan fingerprint density at radius 1 is 0.957 bits per heavy atom. The summed E-state index contributed by atoms with van der Waals surface area (Å²) < 4.78 is 25.4. The number of nitrogens with zero attached hydrogens (tertiary/aromatic N) is 4. The molecule has 248 valence electrons. The van der Waals surface area contributed by atoms with Gasteiger partial charge in [-0.25, -0.2) is 9.38 Å². The summed E-state index contributed by atoms with van der Waals surface area (Å²) in [6.07, 6.45) is 0.664. The molecule has 0 aliphatic carbocycles. The van der Waals surface area contributed by atoms with Crippen LogP contribution in [0.15, 0.2) is 89.9 Å². The number of anilines is 1. The van der Waals surface area contributed by atoms with Crippen LogP contribution < -0.4 is 19.7 Å². The SMILES string of the molecule is Br.CCOc1cc(N2CCN(C(=NCc3ccccc3Oc3cccc(F)c3)NCCc3ccc(Cl)cc3Cl)CC2)ccc1[N+](=O)[O-]. The third kappa shape index (κ3) is 9.73. The number of piperazine rings is 1. The highest BCUT2D eigenvalue weighted by Crippen LogP contribution is 2.32. The zero-order chi connectivity index (χ0) is 32.5. The minimum Gasteiger partial charge on any atom is -0.487 e. The first-order valence-corrected chi connectivity index (χ1v) is 15.7. The van der Waals surface area contributed by atoms with Gasteiger partial charge in [0.05, 0.1) is 18.1 Å². The summed E-state index contributed by atoms with van der Waals surface area (Å²) in [5.74, 6) is 1.62. The van der Waals surface area contributed by atoms with E-state index in [9.17, 15) is 14.5 Å². The average Bonchev–Trinajstić information content (AvgIpc) is 3.04. The molecule has 4 aromatic carbocycles. The van der Waals surface area contributed by atoms with Crippen molar-refractivity contribution in [1.82, 2.24) is 10.2 Å². The van der Waals surface area contributed by atoms with Gasteiger partial charge in [-0.3, -0.25) is 10.1 Å². The standard InChI is InChI=1S/C34H34Cl2FN5O4.BrH/c1-2-45-33-22-28(12-13-31(33)42(43)44)40-16-18-41(19-17-40)34(38-15-14-24-10-11-26(35)20-30(24)36)39-23-25-6-3-4-9-32(25)46-29-8-5-7-27(37)21-29;/h3-13,20-22H,2,14-19,23H2,1H3,(H,38,39);1H. The molecule has 1 fully saturated rings. The summed E-state index contributed by atoms with van der Waals surface area (Å²) in [7, 11) is 0. The number of benzene rings is 4. The van der Waals surface area contributed by atoms with Gasteiger partial charge in [0.25, 0.3) is 0 Å². The molecule has 9 nitrogen and oxygen atoms in total. The van der Waals surface area contributed by atoms with Gasteiger partial charge in [-0.1, -0.05) is 53.5 Å². The van der Waals surface area contributed by atoms with Crippen LogP contribution in [0.1, 0.15) is 18.1 Å². The number of aliphatic imine (C=N–C) groups is 1. The van der Waals surface area contributed by atoms with Crippen LogP contribution in [0, 0.1) is 15.9 Å². The fraction of sp³-hybridized carbons (Fsp3) is 0.265. The molecule has 1 N–H and O–H groups in total. The highest BCUT2D eigenvalue weighted by molar-refractivity contribution is 8.93. The minimum atomic E-state index is -0.431. The van der Waals surface area contributed by atoms with Crippen molar-refractivity contribution in [3.8, 4) is 17.2 Å². The van der Waals surface area contributed by atoms with Crippen molar-refractivity contribution in [2.75, 3.05) is 44.2 Å². The summed E-state index contributed by atoms with van der Waals surface area (Å²) >= 11 is 12.5. The Balaban J connectivity index is 0.00000500. The lowest BCUT2D eigenvalue weighted by atomic mass is 10.1. The van der Waals surface area contributed by atoms with Crippen molar-refractivity contribution in [3.05, 3.63) is 122 Å². The van der Waals surface area contributed by atoms with Crippen LogP contribution in [-0.2, 0) is 13.0 Å². The molecule has 0 atom stereocenters. The van der Waals surface area contributed by atoms with Gasteiger partial charge in [0, 0.05) is 72.2 Å². The molecule has 0 saturated carbocycles.